The summed E-state index contributed by atoms with van der Waals surface area (Å²) in [6.07, 6.45) is 0.127. The van der Waals surface area contributed by atoms with Crippen LogP contribution in [0.4, 0.5) is 0 Å². The molecule has 1 aromatic carbocycles. The molecule has 1 aromatic heterocycles. The van der Waals surface area contributed by atoms with Crippen LogP contribution in [0.15, 0.2) is 18.2 Å². The van der Waals surface area contributed by atoms with Crippen LogP contribution in [0.25, 0.3) is 10.1 Å². The summed E-state index contributed by atoms with van der Waals surface area (Å²) in [6.45, 7) is 6.35. The third-order valence-corrected chi connectivity index (χ3v) is 4.31. The Kier molecular flexibility index (Phi) is 3.20. The molecule has 0 unspecified atom stereocenters. The Balaban J connectivity index is 2.54. The van der Waals surface area contributed by atoms with Crippen LogP contribution >= 0.6 is 11.3 Å². The molecular formula is C14H16O2S. The van der Waals surface area contributed by atoms with Crippen LogP contribution < -0.4 is 0 Å². The van der Waals surface area contributed by atoms with Crippen LogP contribution in [0.3, 0.4) is 0 Å². The lowest BCUT2D eigenvalue weighted by atomic mass is 10.0. The third kappa shape index (κ3) is 2.34. The molecular weight excluding hydrogens is 232 g/mol. The number of carboxylic acids is 1. The second-order valence-corrected chi connectivity index (χ2v) is 5.77. The molecule has 2 rings (SSSR count). The van der Waals surface area contributed by atoms with Crippen LogP contribution in [-0.2, 0) is 11.2 Å². The van der Waals surface area contributed by atoms with Gasteiger partial charge in [0.1, 0.15) is 0 Å². The van der Waals surface area contributed by atoms with Gasteiger partial charge in [0.2, 0.25) is 0 Å². The second-order valence-electron chi connectivity index (χ2n) is 4.63. The first-order chi connectivity index (χ1) is 7.99. The highest BCUT2D eigenvalue weighted by molar-refractivity contribution is 7.19. The van der Waals surface area contributed by atoms with Gasteiger partial charge < -0.3 is 5.11 Å². The summed E-state index contributed by atoms with van der Waals surface area (Å²) in [5, 5.41) is 10.1. The molecule has 0 aliphatic rings. The molecule has 0 saturated carbocycles. The number of hydrogen-bond donors (Lipinski definition) is 1. The van der Waals surface area contributed by atoms with Crippen LogP contribution in [0.2, 0.25) is 0 Å². The molecule has 0 fully saturated rings. The van der Waals surface area contributed by atoms with Crippen molar-refractivity contribution in [2.75, 3.05) is 0 Å². The normalized spacial score (nSPS) is 11.3. The fraction of sp³-hybridized carbons (Fsp3) is 0.357. The van der Waals surface area contributed by atoms with Crippen molar-refractivity contribution in [2.24, 2.45) is 0 Å². The van der Waals surface area contributed by atoms with E-state index in [9.17, 15) is 4.79 Å². The first-order valence-corrected chi connectivity index (χ1v) is 6.54. The van der Waals surface area contributed by atoms with E-state index < -0.39 is 5.97 Å². The zero-order chi connectivity index (χ0) is 12.6. The monoisotopic (exact) mass is 248 g/mol. The summed E-state index contributed by atoms with van der Waals surface area (Å²) in [4.78, 5) is 11.7. The van der Waals surface area contributed by atoms with E-state index in [1.165, 1.54) is 15.6 Å². The number of carbonyl (C=O) groups is 1. The van der Waals surface area contributed by atoms with Gasteiger partial charge in [-0.05, 0) is 41.5 Å². The largest absolute Gasteiger partial charge is 0.481 e. The maximum absolute atomic E-state index is 10.8. The Morgan fingerprint density at radius 1 is 1.41 bits per heavy atom. The molecule has 0 amide bonds. The second kappa shape index (κ2) is 4.49. The molecule has 1 N–H and O–H groups in total. The molecule has 0 aliphatic heterocycles. The molecule has 0 saturated heterocycles. The van der Waals surface area contributed by atoms with Crippen molar-refractivity contribution in [2.45, 2.75) is 33.1 Å². The van der Waals surface area contributed by atoms with E-state index in [4.69, 9.17) is 5.11 Å². The average molecular weight is 248 g/mol. The maximum Gasteiger partial charge on any atom is 0.308 e. The summed E-state index contributed by atoms with van der Waals surface area (Å²) in [5.41, 5.74) is 2.43. The Morgan fingerprint density at radius 2 is 2.12 bits per heavy atom. The van der Waals surface area contributed by atoms with Gasteiger partial charge in [-0.1, -0.05) is 19.9 Å². The quantitative estimate of drug-likeness (QED) is 0.892. The minimum absolute atomic E-state index is 0.127. The Morgan fingerprint density at radius 3 is 2.71 bits per heavy atom. The van der Waals surface area contributed by atoms with E-state index in [1.807, 2.05) is 6.92 Å². The SMILES string of the molecule is Cc1c(CC(=O)O)sc2ccc(C(C)C)cc12. The lowest BCUT2D eigenvalue weighted by Crippen LogP contribution is -1.98. The first-order valence-electron chi connectivity index (χ1n) is 5.72. The van der Waals surface area contributed by atoms with Crippen molar-refractivity contribution < 1.29 is 9.90 Å². The van der Waals surface area contributed by atoms with E-state index in [1.54, 1.807) is 11.3 Å². The summed E-state index contributed by atoms with van der Waals surface area (Å²) in [7, 11) is 0. The summed E-state index contributed by atoms with van der Waals surface area (Å²) in [5.74, 6) is -0.259. The van der Waals surface area contributed by atoms with Crippen molar-refractivity contribution in [1.29, 1.82) is 0 Å². The van der Waals surface area contributed by atoms with E-state index >= 15 is 0 Å². The molecule has 2 nitrogen and oxygen atoms in total. The van der Waals surface area contributed by atoms with E-state index in [0.29, 0.717) is 5.92 Å². The van der Waals surface area contributed by atoms with Crippen molar-refractivity contribution >= 4 is 27.4 Å². The standard InChI is InChI=1S/C14H16O2S/c1-8(2)10-4-5-12-11(6-10)9(3)13(17-12)7-14(15)16/h4-6,8H,7H2,1-3H3,(H,15,16). The Bertz CT molecular complexity index is 567. The summed E-state index contributed by atoms with van der Waals surface area (Å²) < 4.78 is 1.18. The van der Waals surface area contributed by atoms with Gasteiger partial charge in [-0.2, -0.15) is 0 Å². The van der Waals surface area contributed by atoms with Crippen LogP contribution in [0.1, 0.15) is 35.8 Å². The summed E-state index contributed by atoms with van der Waals surface area (Å²) in [6, 6.07) is 6.43. The minimum atomic E-state index is -0.760. The highest BCUT2D eigenvalue weighted by Gasteiger charge is 2.12. The van der Waals surface area contributed by atoms with Gasteiger partial charge in [0.15, 0.2) is 0 Å². The van der Waals surface area contributed by atoms with Gasteiger partial charge in [-0.25, -0.2) is 0 Å². The van der Waals surface area contributed by atoms with Crippen molar-refractivity contribution in [3.8, 4) is 0 Å². The number of aliphatic carboxylic acids is 1. The number of thiophene rings is 1. The average Bonchev–Trinajstić information content (AvgIpc) is 2.55. The van der Waals surface area contributed by atoms with Crippen molar-refractivity contribution in [1.82, 2.24) is 0 Å². The highest BCUT2D eigenvalue weighted by atomic mass is 32.1. The van der Waals surface area contributed by atoms with Gasteiger partial charge >= 0.3 is 5.97 Å². The number of benzene rings is 1. The predicted octanol–water partition coefficient (Wildman–Crippen LogP) is 3.96. The molecule has 1 heterocycles. The van der Waals surface area contributed by atoms with E-state index in [2.05, 4.69) is 32.0 Å². The third-order valence-electron chi connectivity index (χ3n) is 3.04. The lowest BCUT2D eigenvalue weighted by Gasteiger charge is -2.04. The van der Waals surface area contributed by atoms with Crippen molar-refractivity contribution in [3.63, 3.8) is 0 Å². The number of carboxylic acid groups (broad SMARTS) is 1. The van der Waals surface area contributed by atoms with Gasteiger partial charge in [-0.3, -0.25) is 4.79 Å². The fourth-order valence-corrected chi connectivity index (χ4v) is 3.14. The number of rotatable bonds is 3. The molecule has 2 aromatic rings. The van der Waals surface area contributed by atoms with Crippen molar-refractivity contribution in [3.05, 3.63) is 34.2 Å². The molecule has 90 valence electrons. The smallest absolute Gasteiger partial charge is 0.308 e. The Hall–Kier alpha value is -1.35. The zero-order valence-corrected chi connectivity index (χ0v) is 11.1. The maximum atomic E-state index is 10.8. The van der Waals surface area contributed by atoms with E-state index in [-0.39, 0.29) is 6.42 Å². The van der Waals surface area contributed by atoms with Gasteiger partial charge in [0, 0.05) is 9.58 Å². The van der Waals surface area contributed by atoms with Gasteiger partial charge in [0.25, 0.3) is 0 Å². The van der Waals surface area contributed by atoms with Crippen LogP contribution in [-0.4, -0.2) is 11.1 Å². The molecule has 0 atom stereocenters. The Labute approximate surface area is 105 Å². The molecule has 3 heteroatoms. The van der Waals surface area contributed by atoms with Gasteiger partial charge in [-0.15, -0.1) is 11.3 Å². The molecule has 0 radical (unpaired) electrons. The molecule has 0 spiro atoms. The fourth-order valence-electron chi connectivity index (χ4n) is 1.95. The number of hydrogen-bond acceptors (Lipinski definition) is 2. The van der Waals surface area contributed by atoms with Gasteiger partial charge in [0.05, 0.1) is 6.42 Å². The minimum Gasteiger partial charge on any atom is -0.481 e. The van der Waals surface area contributed by atoms with E-state index in [0.717, 1.165) is 10.4 Å². The zero-order valence-electron chi connectivity index (χ0n) is 10.3. The molecule has 0 aliphatic carbocycles. The first kappa shape index (κ1) is 12.1. The van der Waals surface area contributed by atoms with Crippen LogP contribution in [0.5, 0.6) is 0 Å². The van der Waals surface area contributed by atoms with Crippen LogP contribution in [0, 0.1) is 6.92 Å². The predicted molar refractivity (Wildman–Crippen MR) is 72.0 cm³/mol. The topological polar surface area (TPSA) is 37.3 Å². The lowest BCUT2D eigenvalue weighted by molar-refractivity contribution is -0.136. The number of aryl methyl sites for hydroxylation is 1. The number of fused-ring (bicyclic) bond motifs is 1. The summed E-state index contributed by atoms with van der Waals surface area (Å²) >= 11 is 1.59. The molecule has 0 bridgehead atoms. The highest BCUT2D eigenvalue weighted by Crippen LogP contribution is 2.33. The molecule has 17 heavy (non-hydrogen) atoms.